The van der Waals surface area contributed by atoms with Crippen molar-refractivity contribution in [3.8, 4) is 11.1 Å². The Morgan fingerprint density at radius 2 is 1.10 bits per heavy atom. The van der Waals surface area contributed by atoms with Crippen molar-refractivity contribution in [2.45, 2.75) is 52.7 Å². The third kappa shape index (κ3) is 4.99. The summed E-state index contributed by atoms with van der Waals surface area (Å²) < 4.78 is 10.7. The van der Waals surface area contributed by atoms with Gasteiger partial charge in [-0.15, -0.1) is 0 Å². The predicted molar refractivity (Wildman–Crippen MR) is 117 cm³/mol. The standard InChI is InChI=1S/C24H26N2O5/c1-23(2,3)30-21(28)26(22(29)31-24(4,5)6)25-19-17-13-9-7-11-15(17)16-12-8-10-14-18(16)20(19)27/h7-14H,1-6H3/b25-19-. The highest BCUT2D eigenvalue weighted by molar-refractivity contribution is 6.55. The molecule has 0 aliphatic heterocycles. The second-order valence-electron chi connectivity index (χ2n) is 9.14. The molecule has 0 saturated heterocycles. The summed E-state index contributed by atoms with van der Waals surface area (Å²) in [5.41, 5.74) is 0.715. The first kappa shape index (κ1) is 22.2. The second-order valence-corrected chi connectivity index (χ2v) is 9.14. The average molecular weight is 422 g/mol. The topological polar surface area (TPSA) is 85.3 Å². The quantitative estimate of drug-likeness (QED) is 0.572. The number of rotatable bonds is 1. The number of amides is 2. The van der Waals surface area contributed by atoms with Gasteiger partial charge in [0, 0.05) is 11.1 Å². The van der Waals surface area contributed by atoms with Gasteiger partial charge in [-0.2, -0.15) is 5.10 Å². The number of imide groups is 1. The number of carbonyl (C=O) groups is 3. The van der Waals surface area contributed by atoms with Gasteiger partial charge in [-0.1, -0.05) is 53.5 Å². The summed E-state index contributed by atoms with van der Waals surface area (Å²) in [4.78, 5) is 38.9. The van der Waals surface area contributed by atoms with E-state index >= 15 is 0 Å². The van der Waals surface area contributed by atoms with E-state index in [1.165, 1.54) is 0 Å². The molecule has 3 rings (SSSR count). The molecule has 162 valence electrons. The van der Waals surface area contributed by atoms with Crippen LogP contribution in [0.15, 0.2) is 53.6 Å². The van der Waals surface area contributed by atoms with Crippen LogP contribution in [0.5, 0.6) is 0 Å². The molecular weight excluding hydrogens is 396 g/mol. The Morgan fingerprint density at radius 1 is 0.710 bits per heavy atom. The van der Waals surface area contributed by atoms with E-state index in [1.54, 1.807) is 65.8 Å². The Balaban J connectivity index is 2.14. The lowest BCUT2D eigenvalue weighted by Gasteiger charge is -2.27. The van der Waals surface area contributed by atoms with E-state index in [1.807, 2.05) is 24.3 Å². The van der Waals surface area contributed by atoms with Crippen LogP contribution in [-0.2, 0) is 9.47 Å². The largest absolute Gasteiger partial charge is 0.442 e. The van der Waals surface area contributed by atoms with Gasteiger partial charge in [-0.05, 0) is 52.7 Å². The van der Waals surface area contributed by atoms with E-state index in [-0.39, 0.29) is 5.71 Å². The van der Waals surface area contributed by atoms with Crippen LogP contribution >= 0.6 is 0 Å². The van der Waals surface area contributed by atoms with Crippen LogP contribution in [0.2, 0.25) is 0 Å². The summed E-state index contributed by atoms with van der Waals surface area (Å²) in [5, 5.41) is 4.66. The summed E-state index contributed by atoms with van der Waals surface area (Å²) in [7, 11) is 0. The SMILES string of the molecule is CC(C)(C)OC(=O)N(/N=C1\C(=O)c2ccccc2-c2ccccc21)C(=O)OC(C)(C)C. The van der Waals surface area contributed by atoms with Crippen molar-refractivity contribution in [1.29, 1.82) is 0 Å². The molecule has 0 fully saturated rings. The van der Waals surface area contributed by atoms with Crippen molar-refractivity contribution in [1.82, 2.24) is 5.01 Å². The van der Waals surface area contributed by atoms with Crippen LogP contribution in [0.4, 0.5) is 9.59 Å². The summed E-state index contributed by atoms with van der Waals surface area (Å²) in [5.74, 6) is -0.397. The van der Waals surface area contributed by atoms with Crippen LogP contribution in [0, 0.1) is 0 Å². The Hall–Kier alpha value is -3.48. The number of hydrogen-bond acceptors (Lipinski definition) is 6. The molecule has 0 atom stereocenters. The number of ketones is 1. The number of fused-ring (bicyclic) bond motifs is 3. The maximum Gasteiger partial charge on any atom is 0.441 e. The minimum Gasteiger partial charge on any atom is -0.442 e. The minimum atomic E-state index is -1.03. The van der Waals surface area contributed by atoms with Crippen LogP contribution < -0.4 is 0 Å². The number of hydrazone groups is 1. The van der Waals surface area contributed by atoms with Crippen LogP contribution in [0.1, 0.15) is 57.5 Å². The van der Waals surface area contributed by atoms with Crippen LogP contribution in [-0.4, -0.2) is 39.9 Å². The molecule has 0 aromatic heterocycles. The van der Waals surface area contributed by atoms with Crippen molar-refractivity contribution in [3.05, 3.63) is 59.7 Å². The summed E-state index contributed by atoms with van der Waals surface area (Å²) in [6.45, 7) is 10.0. The van der Waals surface area contributed by atoms with Gasteiger partial charge >= 0.3 is 12.2 Å². The zero-order valence-electron chi connectivity index (χ0n) is 18.6. The zero-order chi connectivity index (χ0) is 23.0. The fourth-order valence-electron chi connectivity index (χ4n) is 3.06. The lowest BCUT2D eigenvalue weighted by Crippen LogP contribution is -2.42. The normalized spacial score (nSPS) is 14.5. The maximum atomic E-state index is 13.3. The van der Waals surface area contributed by atoms with Gasteiger partial charge in [0.15, 0.2) is 0 Å². The fraction of sp³-hybridized carbons (Fsp3) is 0.333. The summed E-state index contributed by atoms with van der Waals surface area (Å²) >= 11 is 0. The van der Waals surface area contributed by atoms with Crippen LogP contribution in [0.25, 0.3) is 11.1 Å². The van der Waals surface area contributed by atoms with Crippen molar-refractivity contribution in [3.63, 3.8) is 0 Å². The molecule has 2 aromatic carbocycles. The third-order valence-corrected chi connectivity index (χ3v) is 4.19. The van der Waals surface area contributed by atoms with Gasteiger partial charge in [0.1, 0.15) is 16.9 Å². The molecule has 0 bridgehead atoms. The molecule has 31 heavy (non-hydrogen) atoms. The molecule has 2 aromatic rings. The Bertz CT molecular complexity index is 1050. The summed E-state index contributed by atoms with van der Waals surface area (Å²) in [6, 6.07) is 14.3. The zero-order valence-corrected chi connectivity index (χ0v) is 18.6. The number of Topliss-reactive ketones (excluding diaryl/α,β-unsaturated/α-hetero) is 1. The Morgan fingerprint density at radius 3 is 1.55 bits per heavy atom. The predicted octanol–water partition coefficient (Wildman–Crippen LogP) is 5.43. The molecular formula is C24H26N2O5. The van der Waals surface area contributed by atoms with Gasteiger partial charge in [0.25, 0.3) is 0 Å². The first-order chi connectivity index (χ1) is 14.4. The molecule has 1 aliphatic rings. The molecule has 7 heteroatoms. The monoisotopic (exact) mass is 422 g/mol. The molecule has 0 radical (unpaired) electrons. The van der Waals surface area contributed by atoms with Gasteiger partial charge in [-0.3, -0.25) is 4.79 Å². The fourth-order valence-corrected chi connectivity index (χ4v) is 3.06. The third-order valence-electron chi connectivity index (χ3n) is 4.19. The first-order valence-electron chi connectivity index (χ1n) is 9.95. The minimum absolute atomic E-state index is 0.0361. The average Bonchev–Trinajstić information content (AvgIpc) is 2.65. The highest BCUT2D eigenvalue weighted by Crippen LogP contribution is 2.33. The molecule has 7 nitrogen and oxygen atoms in total. The van der Waals surface area contributed by atoms with Gasteiger partial charge < -0.3 is 9.47 Å². The molecule has 0 N–H and O–H groups in total. The number of nitrogens with zero attached hydrogens (tertiary/aromatic N) is 2. The van der Waals surface area contributed by atoms with Gasteiger partial charge in [0.2, 0.25) is 5.78 Å². The maximum absolute atomic E-state index is 13.3. The second kappa shape index (κ2) is 7.98. The van der Waals surface area contributed by atoms with E-state index in [4.69, 9.17) is 9.47 Å². The number of benzene rings is 2. The molecule has 1 aliphatic carbocycles. The van der Waals surface area contributed by atoms with Gasteiger partial charge in [0.05, 0.1) is 0 Å². The lowest BCUT2D eigenvalue weighted by atomic mass is 9.83. The molecule has 0 spiro atoms. The van der Waals surface area contributed by atoms with Crippen molar-refractivity contribution >= 4 is 23.7 Å². The van der Waals surface area contributed by atoms with E-state index < -0.39 is 29.2 Å². The van der Waals surface area contributed by atoms with Crippen molar-refractivity contribution in [2.24, 2.45) is 5.10 Å². The molecule has 0 unspecified atom stereocenters. The molecule has 2 amide bonds. The molecule has 0 saturated carbocycles. The number of carbonyl (C=O) groups excluding carboxylic acids is 3. The Labute approximate surface area is 181 Å². The smallest absolute Gasteiger partial charge is 0.441 e. The van der Waals surface area contributed by atoms with E-state index in [0.717, 1.165) is 11.1 Å². The van der Waals surface area contributed by atoms with E-state index in [9.17, 15) is 14.4 Å². The van der Waals surface area contributed by atoms with E-state index in [2.05, 4.69) is 5.10 Å². The highest BCUT2D eigenvalue weighted by atomic mass is 16.6. The van der Waals surface area contributed by atoms with Crippen LogP contribution in [0.3, 0.4) is 0 Å². The van der Waals surface area contributed by atoms with Crippen molar-refractivity contribution < 1.29 is 23.9 Å². The first-order valence-corrected chi connectivity index (χ1v) is 9.95. The number of hydrogen-bond donors (Lipinski definition) is 0. The Kier molecular flexibility index (Phi) is 5.72. The van der Waals surface area contributed by atoms with Gasteiger partial charge in [-0.25, -0.2) is 9.59 Å². The highest BCUT2D eigenvalue weighted by Gasteiger charge is 2.35. The molecule has 0 heterocycles. The number of ether oxygens (including phenoxy) is 2. The van der Waals surface area contributed by atoms with E-state index in [0.29, 0.717) is 16.1 Å². The van der Waals surface area contributed by atoms with Crippen molar-refractivity contribution in [2.75, 3.05) is 0 Å². The summed E-state index contributed by atoms with van der Waals surface area (Å²) in [6.07, 6.45) is -2.06. The lowest BCUT2D eigenvalue weighted by molar-refractivity contribution is 0.00194.